The van der Waals surface area contributed by atoms with Crippen LogP contribution in [0.15, 0.2) is 45.4 Å². The van der Waals surface area contributed by atoms with E-state index in [1.165, 1.54) is 6.07 Å². The maximum absolute atomic E-state index is 13.6. The molecular formula is C12H6BrFN2O. The van der Waals surface area contributed by atoms with E-state index in [1.54, 1.807) is 30.5 Å². The minimum absolute atomic E-state index is 0.240. The van der Waals surface area contributed by atoms with E-state index in [-0.39, 0.29) is 11.7 Å². The lowest BCUT2D eigenvalue weighted by molar-refractivity contribution is 0.593. The average Bonchev–Trinajstić information content (AvgIpc) is 2.72. The second kappa shape index (κ2) is 3.92. The van der Waals surface area contributed by atoms with Crippen molar-refractivity contribution in [3.05, 3.63) is 46.8 Å². The quantitative estimate of drug-likeness (QED) is 0.685. The van der Waals surface area contributed by atoms with Crippen molar-refractivity contribution in [2.24, 2.45) is 0 Å². The lowest BCUT2D eigenvalue weighted by Gasteiger charge is -1.95. The van der Waals surface area contributed by atoms with E-state index in [9.17, 15) is 4.39 Å². The van der Waals surface area contributed by atoms with Gasteiger partial charge in [-0.1, -0.05) is 12.1 Å². The largest absolute Gasteiger partial charge is 0.434 e. The van der Waals surface area contributed by atoms with Crippen LogP contribution in [-0.2, 0) is 0 Å². The Morgan fingerprint density at radius 3 is 2.88 bits per heavy atom. The first kappa shape index (κ1) is 10.4. The highest BCUT2D eigenvalue weighted by atomic mass is 79.9. The van der Waals surface area contributed by atoms with Crippen LogP contribution in [0, 0.1) is 5.82 Å². The van der Waals surface area contributed by atoms with Gasteiger partial charge in [0.2, 0.25) is 5.89 Å². The number of pyridine rings is 1. The van der Waals surface area contributed by atoms with Crippen molar-refractivity contribution in [3.63, 3.8) is 0 Å². The third kappa shape index (κ3) is 1.82. The van der Waals surface area contributed by atoms with Crippen LogP contribution in [0.2, 0.25) is 0 Å². The molecule has 3 rings (SSSR count). The lowest BCUT2D eigenvalue weighted by atomic mass is 10.2. The van der Waals surface area contributed by atoms with Crippen molar-refractivity contribution in [2.45, 2.75) is 0 Å². The van der Waals surface area contributed by atoms with E-state index in [0.29, 0.717) is 16.8 Å². The Kier molecular flexibility index (Phi) is 2.40. The van der Waals surface area contributed by atoms with Gasteiger partial charge in [0.25, 0.3) is 0 Å². The maximum atomic E-state index is 13.6. The van der Waals surface area contributed by atoms with E-state index < -0.39 is 0 Å². The van der Waals surface area contributed by atoms with Crippen LogP contribution < -0.4 is 0 Å². The van der Waals surface area contributed by atoms with Gasteiger partial charge in [-0.25, -0.2) is 9.37 Å². The summed E-state index contributed by atoms with van der Waals surface area (Å²) in [5, 5.41) is 0. The molecule has 0 saturated heterocycles. The molecule has 0 fully saturated rings. The van der Waals surface area contributed by atoms with Gasteiger partial charge in [-0.3, -0.25) is 0 Å². The van der Waals surface area contributed by atoms with E-state index in [1.807, 2.05) is 0 Å². The Morgan fingerprint density at radius 2 is 2.06 bits per heavy atom. The van der Waals surface area contributed by atoms with Gasteiger partial charge in [0.05, 0.1) is 5.56 Å². The number of hydrogen-bond acceptors (Lipinski definition) is 3. The first-order valence-corrected chi connectivity index (χ1v) is 5.70. The van der Waals surface area contributed by atoms with Crippen LogP contribution in [0.5, 0.6) is 0 Å². The van der Waals surface area contributed by atoms with Gasteiger partial charge in [0.1, 0.15) is 5.82 Å². The highest BCUT2D eigenvalue weighted by Gasteiger charge is 2.12. The van der Waals surface area contributed by atoms with E-state index in [4.69, 9.17) is 4.42 Å². The zero-order valence-corrected chi connectivity index (χ0v) is 10.1. The number of fused-ring (bicyclic) bond motifs is 1. The summed E-state index contributed by atoms with van der Waals surface area (Å²) in [4.78, 5) is 8.23. The molecule has 0 unspecified atom stereocenters. The summed E-state index contributed by atoms with van der Waals surface area (Å²) in [5.41, 5.74) is 1.32. The molecule has 2 aromatic heterocycles. The molecule has 17 heavy (non-hydrogen) atoms. The molecule has 2 heterocycles. The SMILES string of the molecule is Fc1ccccc1-c1nc2ncc(Br)cc2o1. The second-order valence-electron chi connectivity index (χ2n) is 3.47. The molecule has 0 N–H and O–H groups in total. The molecule has 0 amide bonds. The third-order valence-electron chi connectivity index (χ3n) is 2.32. The Labute approximate surface area is 104 Å². The zero-order valence-electron chi connectivity index (χ0n) is 8.52. The van der Waals surface area contributed by atoms with Gasteiger partial charge < -0.3 is 4.42 Å². The summed E-state index contributed by atoms with van der Waals surface area (Å²) >= 11 is 3.29. The van der Waals surface area contributed by atoms with Gasteiger partial charge in [0.15, 0.2) is 11.2 Å². The molecule has 0 aliphatic carbocycles. The molecular weight excluding hydrogens is 287 g/mol. The van der Waals surface area contributed by atoms with Crippen LogP contribution in [0.4, 0.5) is 4.39 Å². The predicted octanol–water partition coefficient (Wildman–Crippen LogP) is 3.79. The summed E-state index contributed by atoms with van der Waals surface area (Å²) in [6.07, 6.45) is 1.62. The molecule has 0 saturated carbocycles. The number of oxazole rings is 1. The summed E-state index contributed by atoms with van der Waals surface area (Å²) < 4.78 is 19.8. The first-order valence-electron chi connectivity index (χ1n) is 4.91. The van der Waals surface area contributed by atoms with Crippen molar-refractivity contribution < 1.29 is 8.81 Å². The monoisotopic (exact) mass is 292 g/mol. The molecule has 0 radical (unpaired) electrons. The smallest absolute Gasteiger partial charge is 0.231 e. The molecule has 1 aromatic carbocycles. The summed E-state index contributed by atoms with van der Waals surface area (Å²) in [6.45, 7) is 0. The van der Waals surface area contributed by atoms with Crippen LogP contribution in [0.1, 0.15) is 0 Å². The molecule has 0 spiro atoms. The van der Waals surface area contributed by atoms with Gasteiger partial charge >= 0.3 is 0 Å². The fourth-order valence-corrected chi connectivity index (χ4v) is 1.86. The Morgan fingerprint density at radius 1 is 1.24 bits per heavy atom. The van der Waals surface area contributed by atoms with Gasteiger partial charge in [-0.15, -0.1) is 0 Å². The summed E-state index contributed by atoms with van der Waals surface area (Å²) in [7, 11) is 0. The normalized spacial score (nSPS) is 10.9. The van der Waals surface area contributed by atoms with E-state index >= 15 is 0 Å². The highest BCUT2D eigenvalue weighted by Crippen LogP contribution is 2.26. The lowest BCUT2D eigenvalue weighted by Crippen LogP contribution is -1.82. The van der Waals surface area contributed by atoms with Crippen LogP contribution in [0.3, 0.4) is 0 Å². The topological polar surface area (TPSA) is 38.9 Å². The van der Waals surface area contributed by atoms with Crippen molar-refractivity contribution >= 4 is 27.2 Å². The van der Waals surface area contributed by atoms with Gasteiger partial charge in [0, 0.05) is 16.7 Å². The number of halogens is 2. The Balaban J connectivity index is 2.22. The number of nitrogens with zero attached hydrogens (tertiary/aromatic N) is 2. The van der Waals surface area contributed by atoms with Crippen molar-refractivity contribution in [1.82, 2.24) is 9.97 Å². The Bertz CT molecular complexity index is 696. The fourth-order valence-electron chi connectivity index (χ4n) is 1.55. The number of hydrogen-bond donors (Lipinski definition) is 0. The Hall–Kier alpha value is -1.75. The fraction of sp³-hybridized carbons (Fsp3) is 0. The number of aromatic nitrogens is 2. The number of benzene rings is 1. The standard InChI is InChI=1S/C12H6BrFN2O/c13-7-5-10-11(15-6-7)16-12(17-10)8-3-1-2-4-9(8)14/h1-6H. The van der Waals surface area contributed by atoms with Crippen molar-refractivity contribution in [1.29, 1.82) is 0 Å². The molecule has 84 valence electrons. The minimum Gasteiger partial charge on any atom is -0.434 e. The predicted molar refractivity (Wildman–Crippen MR) is 64.9 cm³/mol. The summed E-state index contributed by atoms with van der Waals surface area (Å²) in [5.74, 6) is -0.123. The molecule has 0 atom stereocenters. The minimum atomic E-state index is -0.363. The van der Waals surface area contributed by atoms with E-state index in [2.05, 4.69) is 25.9 Å². The second-order valence-corrected chi connectivity index (χ2v) is 4.39. The van der Waals surface area contributed by atoms with Crippen LogP contribution in [0.25, 0.3) is 22.7 Å². The molecule has 3 nitrogen and oxygen atoms in total. The molecule has 0 aliphatic rings. The van der Waals surface area contributed by atoms with Crippen LogP contribution in [-0.4, -0.2) is 9.97 Å². The third-order valence-corrected chi connectivity index (χ3v) is 2.75. The zero-order chi connectivity index (χ0) is 11.8. The van der Waals surface area contributed by atoms with Crippen molar-refractivity contribution in [3.8, 4) is 11.5 Å². The number of rotatable bonds is 1. The average molecular weight is 293 g/mol. The summed E-state index contributed by atoms with van der Waals surface area (Å²) in [6, 6.07) is 8.09. The molecule has 5 heteroatoms. The van der Waals surface area contributed by atoms with E-state index in [0.717, 1.165) is 4.47 Å². The molecule has 3 aromatic rings. The maximum Gasteiger partial charge on any atom is 0.231 e. The first-order chi connectivity index (χ1) is 8.24. The highest BCUT2D eigenvalue weighted by molar-refractivity contribution is 9.10. The molecule has 0 bridgehead atoms. The van der Waals surface area contributed by atoms with Gasteiger partial charge in [-0.2, -0.15) is 4.98 Å². The van der Waals surface area contributed by atoms with Crippen molar-refractivity contribution in [2.75, 3.05) is 0 Å². The van der Waals surface area contributed by atoms with Crippen LogP contribution >= 0.6 is 15.9 Å². The molecule has 0 aliphatic heterocycles. The van der Waals surface area contributed by atoms with Gasteiger partial charge in [-0.05, 0) is 28.1 Å².